The number of carbonyl (C=O) groups excluding carboxylic acids is 2. The Hall–Kier alpha value is -2.38. The van der Waals surface area contributed by atoms with Crippen LogP contribution < -0.4 is 10.1 Å². The molecule has 28 heavy (non-hydrogen) atoms. The molecule has 1 aromatic carbocycles. The monoisotopic (exact) mass is 401 g/mol. The van der Waals surface area contributed by atoms with E-state index in [4.69, 9.17) is 4.74 Å². The largest absolute Gasteiger partial charge is 0.491 e. The average Bonchev–Trinajstić information content (AvgIpc) is 3.23. The number of nitrogens with zero attached hydrogens (tertiary/aromatic N) is 2. The fourth-order valence-electron chi connectivity index (χ4n) is 3.13. The molecular formula is C21H27N3O3S. The quantitative estimate of drug-likeness (QED) is 0.775. The number of piperazine rings is 1. The van der Waals surface area contributed by atoms with Gasteiger partial charge in [-0.25, -0.2) is 0 Å². The molecular weight excluding hydrogens is 374 g/mol. The van der Waals surface area contributed by atoms with Crippen molar-refractivity contribution >= 4 is 23.2 Å². The van der Waals surface area contributed by atoms with Crippen LogP contribution in [0.5, 0.6) is 5.75 Å². The third kappa shape index (κ3) is 5.56. The Morgan fingerprint density at radius 1 is 1.07 bits per heavy atom. The predicted octanol–water partition coefficient (Wildman–Crippen LogP) is 2.72. The number of rotatable bonds is 7. The second-order valence-electron chi connectivity index (χ2n) is 7.09. The van der Waals surface area contributed by atoms with Crippen LogP contribution in [0.4, 0.5) is 0 Å². The van der Waals surface area contributed by atoms with Crippen molar-refractivity contribution in [2.24, 2.45) is 0 Å². The van der Waals surface area contributed by atoms with E-state index in [1.165, 1.54) is 0 Å². The van der Waals surface area contributed by atoms with Gasteiger partial charge in [0.2, 0.25) is 0 Å². The number of nitrogens with one attached hydrogen (secondary N) is 1. The molecule has 0 bridgehead atoms. The summed E-state index contributed by atoms with van der Waals surface area (Å²) in [5, 5.41) is 6.78. The lowest BCUT2D eigenvalue weighted by atomic mass is 10.2. The van der Waals surface area contributed by atoms with Crippen LogP contribution in [0.2, 0.25) is 0 Å². The summed E-state index contributed by atoms with van der Waals surface area (Å²) in [5.41, 5.74) is 1.40. The van der Waals surface area contributed by atoms with E-state index >= 15 is 0 Å². The summed E-state index contributed by atoms with van der Waals surface area (Å²) in [6.45, 7) is 8.40. The SMILES string of the molecule is CC(C)Oc1ccc(C(=O)NCCN2CCN(C(=O)c3ccsc3)CC2)cc1. The highest BCUT2D eigenvalue weighted by atomic mass is 32.1. The minimum absolute atomic E-state index is 0.0811. The maximum Gasteiger partial charge on any atom is 0.254 e. The minimum atomic E-state index is -0.0811. The molecule has 2 heterocycles. The van der Waals surface area contributed by atoms with Gasteiger partial charge in [0.05, 0.1) is 11.7 Å². The van der Waals surface area contributed by atoms with Gasteiger partial charge in [-0.1, -0.05) is 0 Å². The van der Waals surface area contributed by atoms with Gasteiger partial charge < -0.3 is 15.0 Å². The van der Waals surface area contributed by atoms with E-state index in [1.54, 1.807) is 23.5 Å². The summed E-state index contributed by atoms with van der Waals surface area (Å²) in [7, 11) is 0. The predicted molar refractivity (Wildman–Crippen MR) is 111 cm³/mol. The van der Waals surface area contributed by atoms with E-state index in [9.17, 15) is 9.59 Å². The van der Waals surface area contributed by atoms with E-state index in [1.807, 2.05) is 47.7 Å². The number of hydrogen-bond donors (Lipinski definition) is 1. The van der Waals surface area contributed by atoms with Crippen molar-refractivity contribution in [3.63, 3.8) is 0 Å². The van der Waals surface area contributed by atoms with Crippen molar-refractivity contribution in [2.45, 2.75) is 20.0 Å². The summed E-state index contributed by atoms with van der Waals surface area (Å²) in [5.74, 6) is 0.794. The lowest BCUT2D eigenvalue weighted by Crippen LogP contribution is -2.50. The van der Waals surface area contributed by atoms with Crippen LogP contribution in [0, 0.1) is 0 Å². The van der Waals surface area contributed by atoms with Crippen molar-refractivity contribution in [1.82, 2.24) is 15.1 Å². The van der Waals surface area contributed by atoms with Crippen molar-refractivity contribution in [3.8, 4) is 5.75 Å². The molecule has 1 saturated heterocycles. The van der Waals surface area contributed by atoms with E-state index < -0.39 is 0 Å². The minimum Gasteiger partial charge on any atom is -0.491 e. The number of thiophene rings is 1. The first-order chi connectivity index (χ1) is 13.5. The first-order valence-electron chi connectivity index (χ1n) is 9.61. The molecule has 0 aliphatic carbocycles. The Morgan fingerprint density at radius 3 is 2.39 bits per heavy atom. The van der Waals surface area contributed by atoms with Gasteiger partial charge in [-0.3, -0.25) is 14.5 Å². The van der Waals surface area contributed by atoms with Gasteiger partial charge in [0, 0.05) is 50.2 Å². The molecule has 0 atom stereocenters. The van der Waals surface area contributed by atoms with E-state index in [0.29, 0.717) is 12.1 Å². The summed E-state index contributed by atoms with van der Waals surface area (Å²) >= 11 is 1.54. The molecule has 6 nitrogen and oxygen atoms in total. The van der Waals surface area contributed by atoms with Crippen LogP contribution in [0.3, 0.4) is 0 Å². The van der Waals surface area contributed by atoms with Crippen molar-refractivity contribution in [1.29, 1.82) is 0 Å². The molecule has 7 heteroatoms. The molecule has 1 aliphatic rings. The molecule has 1 aliphatic heterocycles. The fraction of sp³-hybridized carbons (Fsp3) is 0.429. The fourth-order valence-corrected chi connectivity index (χ4v) is 3.76. The molecule has 0 unspecified atom stereocenters. The zero-order valence-electron chi connectivity index (χ0n) is 16.4. The van der Waals surface area contributed by atoms with Crippen LogP contribution >= 0.6 is 11.3 Å². The van der Waals surface area contributed by atoms with Crippen molar-refractivity contribution in [2.75, 3.05) is 39.3 Å². The second-order valence-corrected chi connectivity index (χ2v) is 7.87. The van der Waals surface area contributed by atoms with E-state index in [2.05, 4.69) is 10.2 Å². The summed E-state index contributed by atoms with van der Waals surface area (Å²) < 4.78 is 5.59. The van der Waals surface area contributed by atoms with Gasteiger partial charge in [-0.05, 0) is 49.6 Å². The van der Waals surface area contributed by atoms with Crippen LogP contribution in [0.15, 0.2) is 41.1 Å². The number of amides is 2. The number of ether oxygens (including phenoxy) is 1. The normalized spacial score (nSPS) is 14.9. The number of benzene rings is 1. The summed E-state index contributed by atoms with van der Waals surface area (Å²) in [6.07, 6.45) is 0.112. The van der Waals surface area contributed by atoms with Crippen LogP contribution in [0.1, 0.15) is 34.6 Å². The highest BCUT2D eigenvalue weighted by Gasteiger charge is 2.22. The highest BCUT2D eigenvalue weighted by Crippen LogP contribution is 2.14. The Balaban J connectivity index is 1.37. The zero-order chi connectivity index (χ0) is 19.9. The van der Waals surface area contributed by atoms with Gasteiger partial charge in [-0.2, -0.15) is 11.3 Å². The molecule has 0 radical (unpaired) electrons. The van der Waals surface area contributed by atoms with Crippen LogP contribution in [0.25, 0.3) is 0 Å². The standard InChI is InChI=1S/C21H27N3O3S/c1-16(2)27-19-5-3-17(4-6-19)20(25)22-8-9-23-10-12-24(13-11-23)21(26)18-7-14-28-15-18/h3-7,14-16H,8-13H2,1-2H3,(H,22,25). The molecule has 1 aromatic heterocycles. The average molecular weight is 402 g/mol. The van der Waals surface area contributed by atoms with Crippen LogP contribution in [-0.2, 0) is 0 Å². The van der Waals surface area contributed by atoms with Gasteiger partial charge in [0.1, 0.15) is 5.75 Å². The molecule has 0 saturated carbocycles. The van der Waals surface area contributed by atoms with Gasteiger partial charge in [0.15, 0.2) is 0 Å². The summed E-state index contributed by atoms with van der Waals surface area (Å²) in [4.78, 5) is 28.8. The Kier molecular flexibility index (Phi) is 7.06. The van der Waals surface area contributed by atoms with E-state index in [0.717, 1.165) is 44.0 Å². The van der Waals surface area contributed by atoms with Crippen LogP contribution in [-0.4, -0.2) is 67.0 Å². The molecule has 150 valence electrons. The van der Waals surface area contributed by atoms with Gasteiger partial charge >= 0.3 is 0 Å². The van der Waals surface area contributed by atoms with Crippen molar-refractivity contribution in [3.05, 3.63) is 52.2 Å². The van der Waals surface area contributed by atoms with Gasteiger partial charge in [-0.15, -0.1) is 0 Å². The summed E-state index contributed by atoms with van der Waals surface area (Å²) in [6, 6.07) is 9.07. The van der Waals surface area contributed by atoms with Crippen molar-refractivity contribution < 1.29 is 14.3 Å². The Labute approximate surface area is 170 Å². The highest BCUT2D eigenvalue weighted by molar-refractivity contribution is 7.08. The zero-order valence-corrected chi connectivity index (χ0v) is 17.2. The third-order valence-corrected chi connectivity index (χ3v) is 5.31. The number of hydrogen-bond acceptors (Lipinski definition) is 5. The molecule has 1 N–H and O–H groups in total. The topological polar surface area (TPSA) is 61.9 Å². The molecule has 3 rings (SSSR count). The first-order valence-corrected chi connectivity index (χ1v) is 10.6. The molecule has 0 spiro atoms. The lowest BCUT2D eigenvalue weighted by Gasteiger charge is -2.34. The van der Waals surface area contributed by atoms with E-state index in [-0.39, 0.29) is 17.9 Å². The number of carbonyl (C=O) groups is 2. The maximum atomic E-state index is 12.4. The Bertz CT molecular complexity index is 767. The maximum absolute atomic E-state index is 12.4. The molecule has 1 fully saturated rings. The second kappa shape index (κ2) is 9.71. The lowest BCUT2D eigenvalue weighted by molar-refractivity contribution is 0.0638. The molecule has 2 amide bonds. The smallest absolute Gasteiger partial charge is 0.254 e. The first kappa shape index (κ1) is 20.4. The third-order valence-electron chi connectivity index (χ3n) is 4.63. The molecule has 2 aromatic rings. The van der Waals surface area contributed by atoms with Gasteiger partial charge in [0.25, 0.3) is 11.8 Å². The Morgan fingerprint density at radius 2 is 1.79 bits per heavy atom.